The van der Waals surface area contributed by atoms with Crippen molar-refractivity contribution in [2.75, 3.05) is 13.1 Å². The number of likely N-dealkylation sites (tertiary alicyclic amines) is 1. The Kier molecular flexibility index (Phi) is 4.30. The number of rotatable bonds is 2. The Labute approximate surface area is 136 Å². The van der Waals surface area contributed by atoms with Gasteiger partial charge >= 0.3 is 0 Å². The number of carbonyl (C=O) groups excluding carboxylic acids is 1. The molecule has 3 rings (SSSR count). The zero-order chi connectivity index (χ0) is 15.7. The molecule has 1 saturated heterocycles. The second kappa shape index (κ2) is 6.21. The molecule has 0 radical (unpaired) electrons. The first-order valence-corrected chi connectivity index (χ1v) is 8.66. The van der Waals surface area contributed by atoms with Crippen LogP contribution >= 0.6 is 11.3 Å². The van der Waals surface area contributed by atoms with Gasteiger partial charge in [0.1, 0.15) is 0 Å². The minimum Gasteiger partial charge on any atom is -0.339 e. The molecular weight excluding hydrogens is 292 g/mol. The molecule has 1 aromatic carbocycles. The van der Waals surface area contributed by atoms with Crippen LogP contribution in [0.15, 0.2) is 24.3 Å². The highest BCUT2D eigenvalue weighted by Gasteiger charge is 2.27. The molecule has 0 saturated carbocycles. The summed E-state index contributed by atoms with van der Waals surface area (Å²) in [5.41, 5.74) is 3.04. The molecule has 0 aliphatic carbocycles. The van der Waals surface area contributed by atoms with Crippen LogP contribution < -0.4 is 0 Å². The van der Waals surface area contributed by atoms with E-state index in [-0.39, 0.29) is 5.91 Å². The lowest BCUT2D eigenvalue weighted by molar-refractivity contribution is 0.0712. The monoisotopic (exact) mass is 314 g/mol. The Morgan fingerprint density at radius 2 is 1.86 bits per heavy atom. The third-order valence-electron chi connectivity index (χ3n) is 4.55. The van der Waals surface area contributed by atoms with Gasteiger partial charge in [-0.3, -0.25) is 4.79 Å². The van der Waals surface area contributed by atoms with Gasteiger partial charge in [-0.15, -0.1) is 11.3 Å². The van der Waals surface area contributed by atoms with E-state index in [0.29, 0.717) is 5.92 Å². The molecule has 0 spiro atoms. The summed E-state index contributed by atoms with van der Waals surface area (Å²) in [4.78, 5) is 20.6. The molecule has 2 heterocycles. The van der Waals surface area contributed by atoms with Crippen molar-refractivity contribution in [2.45, 2.75) is 39.5 Å². The van der Waals surface area contributed by atoms with E-state index in [1.54, 1.807) is 0 Å². The van der Waals surface area contributed by atoms with Crippen molar-refractivity contribution in [1.29, 1.82) is 0 Å². The number of benzene rings is 1. The van der Waals surface area contributed by atoms with Crippen molar-refractivity contribution in [3.63, 3.8) is 0 Å². The van der Waals surface area contributed by atoms with Gasteiger partial charge in [-0.2, -0.15) is 0 Å². The fourth-order valence-corrected chi connectivity index (χ4v) is 4.08. The molecule has 0 N–H and O–H groups in total. The summed E-state index contributed by atoms with van der Waals surface area (Å²) in [6.45, 7) is 7.87. The largest absolute Gasteiger partial charge is 0.339 e. The highest BCUT2D eigenvalue weighted by atomic mass is 32.1. The number of aryl methyl sites for hydroxylation is 3. The van der Waals surface area contributed by atoms with Crippen molar-refractivity contribution in [2.24, 2.45) is 0 Å². The summed E-state index contributed by atoms with van der Waals surface area (Å²) in [6, 6.07) is 7.85. The lowest BCUT2D eigenvalue weighted by Crippen LogP contribution is -2.38. The number of nitrogens with zero attached hydrogens (tertiary/aromatic N) is 2. The summed E-state index contributed by atoms with van der Waals surface area (Å²) in [5, 5.41) is 1.25. The van der Waals surface area contributed by atoms with Crippen LogP contribution in [-0.4, -0.2) is 28.9 Å². The Morgan fingerprint density at radius 3 is 2.45 bits per heavy atom. The van der Waals surface area contributed by atoms with Gasteiger partial charge in [0.05, 0.1) is 10.7 Å². The maximum atomic E-state index is 12.6. The van der Waals surface area contributed by atoms with Crippen LogP contribution in [0.2, 0.25) is 0 Å². The smallest absolute Gasteiger partial charge is 0.254 e. The fourth-order valence-electron chi connectivity index (χ4n) is 2.98. The quantitative estimate of drug-likeness (QED) is 0.836. The van der Waals surface area contributed by atoms with Crippen molar-refractivity contribution < 1.29 is 4.79 Å². The Balaban J connectivity index is 1.67. The zero-order valence-electron chi connectivity index (χ0n) is 13.4. The topological polar surface area (TPSA) is 33.2 Å². The first-order valence-electron chi connectivity index (χ1n) is 7.85. The van der Waals surface area contributed by atoms with E-state index < -0.39 is 0 Å². The highest BCUT2D eigenvalue weighted by molar-refractivity contribution is 7.11. The summed E-state index contributed by atoms with van der Waals surface area (Å²) in [5.74, 6) is 0.682. The summed E-state index contributed by atoms with van der Waals surface area (Å²) in [7, 11) is 0. The molecule has 0 bridgehead atoms. The standard InChI is InChI=1S/C18H22N2OS/c1-12-6-4-5-7-16(12)18(21)20-10-8-15(9-11-20)17-19-13(2)14(3)22-17/h4-7,15H,8-11H2,1-3H3. The van der Waals surface area contributed by atoms with Crippen LogP contribution in [0.5, 0.6) is 0 Å². The Bertz CT molecular complexity index is 665. The van der Waals surface area contributed by atoms with Crippen molar-refractivity contribution in [3.05, 3.63) is 51.0 Å². The van der Waals surface area contributed by atoms with E-state index in [4.69, 9.17) is 4.98 Å². The van der Waals surface area contributed by atoms with E-state index >= 15 is 0 Å². The average Bonchev–Trinajstić information content (AvgIpc) is 2.87. The van der Waals surface area contributed by atoms with Crippen LogP contribution in [0, 0.1) is 20.8 Å². The van der Waals surface area contributed by atoms with Gasteiger partial charge in [0.2, 0.25) is 0 Å². The molecule has 0 unspecified atom stereocenters. The molecule has 2 aromatic rings. The normalized spacial score (nSPS) is 16.0. The number of thiazole rings is 1. The summed E-state index contributed by atoms with van der Waals surface area (Å²) < 4.78 is 0. The van der Waals surface area contributed by atoms with E-state index in [1.807, 2.05) is 47.4 Å². The number of carbonyl (C=O) groups is 1. The molecule has 3 nitrogen and oxygen atoms in total. The first-order chi connectivity index (χ1) is 10.6. The maximum Gasteiger partial charge on any atom is 0.254 e. The predicted octanol–water partition coefficient (Wildman–Crippen LogP) is 4.09. The fraction of sp³-hybridized carbons (Fsp3) is 0.444. The molecule has 1 aliphatic heterocycles. The van der Waals surface area contributed by atoms with Crippen LogP contribution in [0.4, 0.5) is 0 Å². The van der Waals surface area contributed by atoms with Crippen LogP contribution in [0.1, 0.15) is 50.3 Å². The third-order valence-corrected chi connectivity index (χ3v) is 5.79. The van der Waals surface area contributed by atoms with E-state index in [2.05, 4.69) is 13.8 Å². The summed E-state index contributed by atoms with van der Waals surface area (Å²) in [6.07, 6.45) is 2.04. The molecular formula is C18H22N2OS. The third kappa shape index (κ3) is 2.93. The van der Waals surface area contributed by atoms with E-state index in [9.17, 15) is 4.79 Å². The SMILES string of the molecule is Cc1ccccc1C(=O)N1CCC(c2nc(C)c(C)s2)CC1. The Hall–Kier alpha value is -1.68. The van der Waals surface area contributed by atoms with Gasteiger partial charge in [0.25, 0.3) is 5.91 Å². The summed E-state index contributed by atoms with van der Waals surface area (Å²) >= 11 is 1.81. The van der Waals surface area contributed by atoms with Crippen LogP contribution in [0.3, 0.4) is 0 Å². The highest BCUT2D eigenvalue weighted by Crippen LogP contribution is 2.32. The van der Waals surface area contributed by atoms with Gasteiger partial charge < -0.3 is 4.90 Å². The molecule has 22 heavy (non-hydrogen) atoms. The number of amides is 1. The van der Waals surface area contributed by atoms with Gasteiger partial charge in [-0.05, 0) is 45.2 Å². The van der Waals surface area contributed by atoms with Crippen LogP contribution in [0.25, 0.3) is 0 Å². The van der Waals surface area contributed by atoms with Crippen molar-refractivity contribution in [3.8, 4) is 0 Å². The van der Waals surface area contributed by atoms with Gasteiger partial charge in [-0.1, -0.05) is 18.2 Å². The molecule has 1 fully saturated rings. The van der Waals surface area contributed by atoms with Crippen LogP contribution in [-0.2, 0) is 0 Å². The van der Waals surface area contributed by atoms with E-state index in [0.717, 1.165) is 42.8 Å². The second-order valence-corrected chi connectivity index (χ2v) is 7.31. The second-order valence-electron chi connectivity index (χ2n) is 6.08. The molecule has 4 heteroatoms. The minimum atomic E-state index is 0.169. The number of hydrogen-bond acceptors (Lipinski definition) is 3. The minimum absolute atomic E-state index is 0.169. The predicted molar refractivity (Wildman–Crippen MR) is 90.6 cm³/mol. The van der Waals surface area contributed by atoms with E-state index in [1.165, 1.54) is 9.88 Å². The molecule has 0 atom stereocenters. The number of piperidine rings is 1. The number of hydrogen-bond donors (Lipinski definition) is 0. The van der Waals surface area contributed by atoms with Crippen molar-refractivity contribution >= 4 is 17.2 Å². The number of aromatic nitrogens is 1. The van der Waals surface area contributed by atoms with Gasteiger partial charge in [0, 0.05) is 29.4 Å². The maximum absolute atomic E-state index is 12.6. The van der Waals surface area contributed by atoms with Gasteiger partial charge in [0.15, 0.2) is 0 Å². The first kappa shape index (κ1) is 15.2. The van der Waals surface area contributed by atoms with Crippen molar-refractivity contribution in [1.82, 2.24) is 9.88 Å². The molecule has 1 amide bonds. The lowest BCUT2D eigenvalue weighted by atomic mass is 9.96. The zero-order valence-corrected chi connectivity index (χ0v) is 14.2. The van der Waals surface area contributed by atoms with Gasteiger partial charge in [-0.25, -0.2) is 4.98 Å². The molecule has 1 aromatic heterocycles. The lowest BCUT2D eigenvalue weighted by Gasteiger charge is -2.31. The average molecular weight is 314 g/mol. The molecule has 1 aliphatic rings. The Morgan fingerprint density at radius 1 is 1.18 bits per heavy atom. The molecule has 116 valence electrons.